The highest BCUT2D eigenvalue weighted by Crippen LogP contribution is 2.33. The first-order valence-electron chi connectivity index (χ1n) is 7.01. The van der Waals surface area contributed by atoms with Crippen molar-refractivity contribution in [1.29, 1.82) is 5.26 Å². The van der Waals surface area contributed by atoms with Crippen molar-refractivity contribution in [2.45, 2.75) is 25.0 Å². The molecule has 106 valence electrons. The van der Waals surface area contributed by atoms with Crippen LogP contribution in [0.25, 0.3) is 0 Å². The molecule has 1 spiro atoms. The molecule has 0 radical (unpaired) electrons. The maximum absolute atomic E-state index is 8.85. The predicted octanol–water partition coefficient (Wildman–Crippen LogP) is 1.68. The van der Waals surface area contributed by atoms with E-state index in [1.165, 1.54) is 0 Å². The second-order valence-corrected chi connectivity index (χ2v) is 5.35. The van der Waals surface area contributed by atoms with E-state index < -0.39 is 5.79 Å². The van der Waals surface area contributed by atoms with Gasteiger partial charge in [0.15, 0.2) is 5.79 Å². The van der Waals surface area contributed by atoms with Crippen LogP contribution in [-0.2, 0) is 15.9 Å². The molecule has 1 aromatic rings. The molecule has 2 saturated heterocycles. The van der Waals surface area contributed by atoms with Crippen LogP contribution in [0.1, 0.15) is 18.4 Å². The van der Waals surface area contributed by atoms with Gasteiger partial charge in [0.1, 0.15) is 0 Å². The molecule has 5 nitrogen and oxygen atoms in total. The van der Waals surface area contributed by atoms with E-state index in [-0.39, 0.29) is 0 Å². The Balaban J connectivity index is 1.82. The average Bonchev–Trinajstić information content (AvgIpc) is 2.89. The molecule has 20 heavy (non-hydrogen) atoms. The van der Waals surface area contributed by atoms with Crippen LogP contribution in [0.4, 0.5) is 11.4 Å². The molecule has 1 aromatic carbocycles. The Bertz CT molecular complexity index is 532. The van der Waals surface area contributed by atoms with Gasteiger partial charge >= 0.3 is 0 Å². The molecule has 2 aliphatic rings. The standard InChI is InChI=1S/C15H19N3O2/c16-6-4-12-10-13(2-3-14(12)17)18-7-1-5-15(11-18)19-8-9-20-15/h2-3,10H,1,4-5,7-9,11,17H2. The van der Waals surface area contributed by atoms with Crippen LogP contribution in [0.5, 0.6) is 0 Å². The van der Waals surface area contributed by atoms with E-state index in [9.17, 15) is 0 Å². The summed E-state index contributed by atoms with van der Waals surface area (Å²) in [6, 6.07) is 8.04. The van der Waals surface area contributed by atoms with E-state index in [0.29, 0.717) is 25.3 Å². The predicted molar refractivity (Wildman–Crippen MR) is 76.3 cm³/mol. The van der Waals surface area contributed by atoms with Crippen LogP contribution < -0.4 is 10.6 Å². The minimum Gasteiger partial charge on any atom is -0.398 e. The van der Waals surface area contributed by atoms with Crippen molar-refractivity contribution in [2.24, 2.45) is 0 Å². The second kappa shape index (κ2) is 5.31. The van der Waals surface area contributed by atoms with Crippen molar-refractivity contribution in [3.63, 3.8) is 0 Å². The second-order valence-electron chi connectivity index (χ2n) is 5.35. The van der Waals surface area contributed by atoms with E-state index >= 15 is 0 Å². The van der Waals surface area contributed by atoms with Crippen LogP contribution in [0.15, 0.2) is 18.2 Å². The molecule has 0 unspecified atom stereocenters. The van der Waals surface area contributed by atoms with Crippen LogP contribution in [0.3, 0.4) is 0 Å². The van der Waals surface area contributed by atoms with Crippen molar-refractivity contribution in [2.75, 3.05) is 36.9 Å². The smallest absolute Gasteiger partial charge is 0.186 e. The lowest BCUT2D eigenvalue weighted by Crippen LogP contribution is -2.49. The van der Waals surface area contributed by atoms with Crippen molar-refractivity contribution >= 4 is 11.4 Å². The van der Waals surface area contributed by atoms with E-state index in [4.69, 9.17) is 20.5 Å². The first-order chi connectivity index (χ1) is 9.72. The van der Waals surface area contributed by atoms with Gasteiger partial charge in [0.05, 0.1) is 32.2 Å². The first-order valence-corrected chi connectivity index (χ1v) is 7.01. The van der Waals surface area contributed by atoms with E-state index in [1.807, 2.05) is 18.2 Å². The van der Waals surface area contributed by atoms with Crippen LogP contribution >= 0.6 is 0 Å². The number of nitrogens with two attached hydrogens (primary N) is 1. The van der Waals surface area contributed by atoms with Crippen LogP contribution in [0.2, 0.25) is 0 Å². The van der Waals surface area contributed by atoms with Gasteiger partial charge in [-0.25, -0.2) is 0 Å². The SMILES string of the molecule is N#CCc1cc(N2CCCC3(C2)OCCO3)ccc1N. The van der Waals surface area contributed by atoms with Gasteiger partial charge in [0, 0.05) is 24.3 Å². The number of anilines is 2. The zero-order valence-electron chi connectivity index (χ0n) is 11.5. The number of ether oxygens (including phenoxy) is 2. The molecule has 0 aliphatic carbocycles. The molecular weight excluding hydrogens is 254 g/mol. The fraction of sp³-hybridized carbons (Fsp3) is 0.533. The lowest BCUT2D eigenvalue weighted by molar-refractivity contribution is -0.161. The van der Waals surface area contributed by atoms with E-state index in [0.717, 1.165) is 37.2 Å². The molecule has 0 saturated carbocycles. The number of nitrogens with zero attached hydrogens (tertiary/aromatic N) is 2. The molecule has 0 atom stereocenters. The fourth-order valence-corrected chi connectivity index (χ4v) is 2.97. The Morgan fingerprint density at radius 2 is 2.15 bits per heavy atom. The Kier molecular flexibility index (Phi) is 3.51. The van der Waals surface area contributed by atoms with Crippen molar-refractivity contribution in [1.82, 2.24) is 0 Å². The topological polar surface area (TPSA) is 71.5 Å². The molecule has 2 fully saturated rings. The largest absolute Gasteiger partial charge is 0.398 e. The molecule has 2 aliphatic heterocycles. The first kappa shape index (κ1) is 13.2. The molecule has 3 rings (SSSR count). The highest BCUT2D eigenvalue weighted by atomic mass is 16.7. The van der Waals surface area contributed by atoms with Crippen LogP contribution in [-0.4, -0.2) is 32.1 Å². The Hall–Kier alpha value is -1.77. The summed E-state index contributed by atoms with van der Waals surface area (Å²) in [6.07, 6.45) is 2.33. The molecule has 0 aromatic heterocycles. The Labute approximate surface area is 118 Å². The van der Waals surface area contributed by atoms with Crippen molar-refractivity contribution in [3.05, 3.63) is 23.8 Å². The number of piperidine rings is 1. The Morgan fingerprint density at radius 3 is 2.90 bits per heavy atom. The summed E-state index contributed by atoms with van der Waals surface area (Å²) in [7, 11) is 0. The summed E-state index contributed by atoms with van der Waals surface area (Å²) in [4.78, 5) is 2.26. The molecule has 0 bridgehead atoms. The maximum Gasteiger partial charge on any atom is 0.186 e. The average molecular weight is 273 g/mol. The lowest BCUT2D eigenvalue weighted by atomic mass is 10.0. The van der Waals surface area contributed by atoms with Gasteiger partial charge < -0.3 is 20.1 Å². The number of nitriles is 1. The lowest BCUT2D eigenvalue weighted by Gasteiger charge is -2.40. The number of nitrogen functional groups attached to an aromatic ring is 1. The van der Waals surface area contributed by atoms with E-state index in [1.54, 1.807) is 0 Å². The molecule has 2 heterocycles. The highest BCUT2D eigenvalue weighted by molar-refractivity contribution is 5.59. The van der Waals surface area contributed by atoms with Gasteiger partial charge in [0.25, 0.3) is 0 Å². The zero-order chi connectivity index (χ0) is 14.0. The summed E-state index contributed by atoms with van der Waals surface area (Å²) >= 11 is 0. The zero-order valence-corrected chi connectivity index (χ0v) is 11.5. The summed E-state index contributed by atoms with van der Waals surface area (Å²) in [5.41, 5.74) is 8.55. The Morgan fingerprint density at radius 1 is 1.35 bits per heavy atom. The molecule has 2 N–H and O–H groups in total. The summed E-state index contributed by atoms with van der Waals surface area (Å²) in [5, 5.41) is 8.85. The molecule has 0 amide bonds. The number of rotatable bonds is 2. The number of hydrogen-bond donors (Lipinski definition) is 1. The summed E-state index contributed by atoms with van der Waals surface area (Å²) in [6.45, 7) is 3.07. The van der Waals surface area contributed by atoms with Gasteiger partial charge in [0.2, 0.25) is 0 Å². The number of hydrogen-bond acceptors (Lipinski definition) is 5. The van der Waals surface area contributed by atoms with Gasteiger partial charge in [-0.15, -0.1) is 0 Å². The summed E-state index contributed by atoms with van der Waals surface area (Å²) in [5.74, 6) is -0.435. The van der Waals surface area contributed by atoms with Gasteiger partial charge in [-0.1, -0.05) is 0 Å². The minimum atomic E-state index is -0.435. The third-order valence-corrected chi connectivity index (χ3v) is 3.99. The van der Waals surface area contributed by atoms with E-state index in [2.05, 4.69) is 11.0 Å². The van der Waals surface area contributed by atoms with Gasteiger partial charge in [-0.05, 0) is 30.2 Å². The molecular formula is C15H19N3O2. The minimum absolute atomic E-state index is 0.339. The van der Waals surface area contributed by atoms with Gasteiger partial charge in [-0.3, -0.25) is 0 Å². The third kappa shape index (κ3) is 2.45. The normalized spacial score (nSPS) is 21.1. The van der Waals surface area contributed by atoms with Crippen LogP contribution in [0, 0.1) is 11.3 Å². The molecule has 5 heteroatoms. The quantitative estimate of drug-likeness (QED) is 0.830. The third-order valence-electron chi connectivity index (χ3n) is 3.99. The number of benzene rings is 1. The maximum atomic E-state index is 8.85. The van der Waals surface area contributed by atoms with Gasteiger partial charge in [-0.2, -0.15) is 5.26 Å². The highest BCUT2D eigenvalue weighted by Gasteiger charge is 2.40. The summed E-state index contributed by atoms with van der Waals surface area (Å²) < 4.78 is 11.6. The van der Waals surface area contributed by atoms with Crippen molar-refractivity contribution < 1.29 is 9.47 Å². The fourth-order valence-electron chi connectivity index (χ4n) is 2.97. The monoisotopic (exact) mass is 273 g/mol. The van der Waals surface area contributed by atoms with Crippen molar-refractivity contribution in [3.8, 4) is 6.07 Å².